The second-order valence-corrected chi connectivity index (χ2v) is 8.64. The molecule has 2 aromatic rings. The van der Waals surface area contributed by atoms with Gasteiger partial charge in [-0.1, -0.05) is 45.3 Å². The van der Waals surface area contributed by atoms with Gasteiger partial charge in [-0.3, -0.25) is 4.79 Å². The van der Waals surface area contributed by atoms with Gasteiger partial charge < -0.3 is 0 Å². The number of hydrogen-bond donors (Lipinski definition) is 0. The molecule has 0 spiro atoms. The number of rotatable bonds is 0. The first-order chi connectivity index (χ1) is 12.3. The predicted octanol–water partition coefficient (Wildman–Crippen LogP) is 6.81. The Balaban J connectivity index is 0.000000151. The highest BCUT2D eigenvalue weighted by Gasteiger charge is 2.18. The van der Waals surface area contributed by atoms with Crippen LogP contribution in [0, 0.1) is 27.7 Å². The molecule has 1 nitrogen and oxygen atoms in total. The summed E-state index contributed by atoms with van der Waals surface area (Å²) < 4.78 is 1.32. The number of hydrogen-bond acceptors (Lipinski definition) is 1. The number of Topliss-reactive ketones (excluding diaryl/α,β-unsaturated/α-hetero) is 1. The van der Waals surface area contributed by atoms with Gasteiger partial charge in [-0.15, -0.1) is 0 Å². The van der Waals surface area contributed by atoms with Crippen molar-refractivity contribution in [3.8, 4) is 0 Å². The Morgan fingerprint density at radius 1 is 0.769 bits per heavy atom. The number of carbonyl (C=O) groups is 1. The van der Waals surface area contributed by atoms with Gasteiger partial charge in [0.1, 0.15) is 0 Å². The highest BCUT2D eigenvalue weighted by molar-refractivity contribution is 9.11. The zero-order chi connectivity index (χ0) is 18.8. The fourth-order valence-electron chi connectivity index (χ4n) is 4.12. The third-order valence-electron chi connectivity index (χ3n) is 5.33. The maximum absolute atomic E-state index is 11.6. The molecule has 0 amide bonds. The van der Waals surface area contributed by atoms with E-state index in [1.54, 1.807) is 0 Å². The average Bonchev–Trinajstić information content (AvgIpc) is 2.56. The molecule has 2 heteroatoms. The van der Waals surface area contributed by atoms with Crippen LogP contribution in [0.4, 0.5) is 0 Å². The van der Waals surface area contributed by atoms with Crippen LogP contribution in [0.25, 0.3) is 6.08 Å². The standard InChI is InChI=1S/C12H13Br.C12H14O/c1-8-5-9(2)12-4-3-11(13)7-10(12)6-8;1-8-6-9(2)10-4-3-5-12(13)11(10)7-8/h5-7H,3-4H2,1-2H3;6-7H,3-5H2,1-2H3. The van der Waals surface area contributed by atoms with Crippen LogP contribution in [0.15, 0.2) is 28.7 Å². The van der Waals surface area contributed by atoms with Crippen molar-refractivity contribution in [3.05, 3.63) is 73.3 Å². The topological polar surface area (TPSA) is 17.1 Å². The van der Waals surface area contributed by atoms with Gasteiger partial charge >= 0.3 is 0 Å². The molecule has 0 bridgehead atoms. The van der Waals surface area contributed by atoms with Crippen LogP contribution in [-0.4, -0.2) is 5.78 Å². The summed E-state index contributed by atoms with van der Waals surface area (Å²) in [6, 6.07) is 8.73. The van der Waals surface area contributed by atoms with Crippen molar-refractivity contribution in [2.24, 2.45) is 0 Å². The monoisotopic (exact) mass is 410 g/mol. The van der Waals surface area contributed by atoms with Crippen LogP contribution in [0.5, 0.6) is 0 Å². The number of allylic oxidation sites excluding steroid dienone is 1. The molecule has 0 aliphatic heterocycles. The van der Waals surface area contributed by atoms with Gasteiger partial charge in [0.05, 0.1) is 0 Å². The van der Waals surface area contributed by atoms with Crippen molar-refractivity contribution >= 4 is 27.8 Å². The first kappa shape index (κ1) is 19.1. The van der Waals surface area contributed by atoms with Gasteiger partial charge in [0.15, 0.2) is 5.78 Å². The van der Waals surface area contributed by atoms with Crippen LogP contribution < -0.4 is 0 Å². The average molecular weight is 411 g/mol. The van der Waals surface area contributed by atoms with E-state index in [9.17, 15) is 4.79 Å². The molecular weight excluding hydrogens is 384 g/mol. The van der Waals surface area contributed by atoms with Crippen LogP contribution in [-0.2, 0) is 12.8 Å². The Hall–Kier alpha value is -1.67. The van der Waals surface area contributed by atoms with Crippen molar-refractivity contribution in [3.63, 3.8) is 0 Å². The number of halogens is 1. The quantitative estimate of drug-likeness (QED) is 0.466. The number of aryl methyl sites for hydroxylation is 4. The first-order valence-electron chi connectivity index (χ1n) is 9.44. The zero-order valence-corrected chi connectivity index (χ0v) is 17.8. The highest BCUT2D eigenvalue weighted by atomic mass is 79.9. The molecule has 4 rings (SSSR count). The van der Waals surface area contributed by atoms with E-state index in [0.717, 1.165) is 31.2 Å². The summed E-state index contributed by atoms with van der Waals surface area (Å²) in [6.07, 6.45) is 7.41. The van der Waals surface area contributed by atoms with Crippen LogP contribution in [0.1, 0.15) is 68.6 Å². The van der Waals surface area contributed by atoms with Gasteiger partial charge in [-0.2, -0.15) is 0 Å². The summed E-state index contributed by atoms with van der Waals surface area (Å²) >= 11 is 3.57. The predicted molar refractivity (Wildman–Crippen MR) is 114 cm³/mol. The van der Waals surface area contributed by atoms with E-state index in [4.69, 9.17) is 0 Å². The van der Waals surface area contributed by atoms with Gasteiger partial charge in [-0.25, -0.2) is 0 Å². The summed E-state index contributed by atoms with van der Waals surface area (Å²) in [5.41, 5.74) is 10.4. The van der Waals surface area contributed by atoms with Gasteiger partial charge in [0.2, 0.25) is 0 Å². The summed E-state index contributed by atoms with van der Waals surface area (Å²) in [7, 11) is 0. The summed E-state index contributed by atoms with van der Waals surface area (Å²) in [6.45, 7) is 8.52. The lowest BCUT2D eigenvalue weighted by Crippen LogP contribution is -2.12. The lowest BCUT2D eigenvalue weighted by Gasteiger charge is -2.17. The van der Waals surface area contributed by atoms with Gasteiger partial charge in [-0.05, 0) is 97.8 Å². The third-order valence-corrected chi connectivity index (χ3v) is 5.95. The molecule has 2 aliphatic rings. The highest BCUT2D eigenvalue weighted by Crippen LogP contribution is 2.30. The van der Waals surface area contributed by atoms with Crippen molar-refractivity contribution in [1.29, 1.82) is 0 Å². The molecule has 0 aromatic heterocycles. The molecule has 0 heterocycles. The molecule has 0 unspecified atom stereocenters. The maximum atomic E-state index is 11.6. The van der Waals surface area contributed by atoms with E-state index < -0.39 is 0 Å². The van der Waals surface area contributed by atoms with E-state index in [-0.39, 0.29) is 0 Å². The molecule has 136 valence electrons. The smallest absolute Gasteiger partial charge is 0.163 e. The molecule has 0 N–H and O–H groups in total. The van der Waals surface area contributed by atoms with E-state index in [0.29, 0.717) is 5.78 Å². The van der Waals surface area contributed by atoms with E-state index in [2.05, 4.69) is 67.9 Å². The normalized spacial score (nSPS) is 15.4. The molecule has 0 atom stereocenters. The summed E-state index contributed by atoms with van der Waals surface area (Å²) in [4.78, 5) is 11.6. The molecule has 0 saturated carbocycles. The largest absolute Gasteiger partial charge is 0.294 e. The Kier molecular flexibility index (Phi) is 5.82. The molecule has 26 heavy (non-hydrogen) atoms. The van der Waals surface area contributed by atoms with Crippen LogP contribution in [0.3, 0.4) is 0 Å². The van der Waals surface area contributed by atoms with Crippen molar-refractivity contribution in [2.45, 2.75) is 59.8 Å². The van der Waals surface area contributed by atoms with Gasteiger partial charge in [0, 0.05) is 12.0 Å². The zero-order valence-electron chi connectivity index (χ0n) is 16.2. The number of benzene rings is 2. The number of fused-ring (bicyclic) bond motifs is 2. The molecule has 0 saturated heterocycles. The van der Waals surface area contributed by atoms with Crippen molar-refractivity contribution < 1.29 is 4.79 Å². The summed E-state index contributed by atoms with van der Waals surface area (Å²) in [5, 5.41) is 0. The molecule has 0 radical (unpaired) electrons. The fraction of sp³-hybridized carbons (Fsp3) is 0.375. The fourth-order valence-corrected chi connectivity index (χ4v) is 4.57. The van der Waals surface area contributed by atoms with E-state index in [1.807, 2.05) is 6.07 Å². The second-order valence-electron chi connectivity index (χ2n) is 7.63. The third kappa shape index (κ3) is 4.17. The second kappa shape index (κ2) is 7.92. The van der Waals surface area contributed by atoms with Crippen LogP contribution in [0.2, 0.25) is 0 Å². The molecular formula is C24H27BrO. The minimum absolute atomic E-state index is 0.327. The minimum atomic E-state index is 0.327. The van der Waals surface area contributed by atoms with Crippen molar-refractivity contribution in [1.82, 2.24) is 0 Å². The van der Waals surface area contributed by atoms with Crippen molar-refractivity contribution in [2.75, 3.05) is 0 Å². The SMILES string of the molecule is Cc1cc(C)c2c(c1)C(=O)CCC2.Cc1cc(C)c2c(c1)C=C(Br)CC2. The van der Waals surface area contributed by atoms with E-state index in [1.165, 1.54) is 49.8 Å². The Morgan fingerprint density at radius 3 is 2.15 bits per heavy atom. The van der Waals surface area contributed by atoms with Gasteiger partial charge in [0.25, 0.3) is 0 Å². The minimum Gasteiger partial charge on any atom is -0.294 e. The number of carbonyl (C=O) groups excluding carboxylic acids is 1. The molecule has 2 aliphatic carbocycles. The Morgan fingerprint density at radius 2 is 1.42 bits per heavy atom. The van der Waals surface area contributed by atoms with E-state index >= 15 is 0 Å². The maximum Gasteiger partial charge on any atom is 0.163 e. The van der Waals surface area contributed by atoms with Crippen LogP contribution >= 0.6 is 15.9 Å². The molecule has 0 fully saturated rings. The Bertz CT molecular complexity index is 890. The Labute approximate surface area is 165 Å². The molecule has 2 aromatic carbocycles. The lowest BCUT2D eigenvalue weighted by molar-refractivity contribution is 0.0972. The summed E-state index contributed by atoms with van der Waals surface area (Å²) in [5.74, 6) is 0.327. The lowest BCUT2D eigenvalue weighted by atomic mass is 9.86. The first-order valence-corrected chi connectivity index (χ1v) is 10.2. The number of ketones is 1.